The van der Waals surface area contributed by atoms with Crippen LogP contribution in [0.15, 0.2) is 29.1 Å². The van der Waals surface area contributed by atoms with Gasteiger partial charge in [0.2, 0.25) is 11.7 Å². The summed E-state index contributed by atoms with van der Waals surface area (Å²) in [4.78, 5) is 35.4. The minimum Gasteiger partial charge on any atom is -0.494 e. The molecular formula is C21H23N3O6. The van der Waals surface area contributed by atoms with E-state index in [2.05, 4.69) is 0 Å². The van der Waals surface area contributed by atoms with Gasteiger partial charge in [-0.2, -0.15) is 5.26 Å². The van der Waals surface area contributed by atoms with Gasteiger partial charge >= 0.3 is 0 Å². The molecule has 0 aliphatic heterocycles. The Labute approximate surface area is 173 Å². The number of Topliss-reactive ketones (excluding diaryl/α,β-unsaturated/α-hetero) is 1. The zero-order chi connectivity index (χ0) is 22.3. The number of carbonyl (C=O) groups is 1. The first-order chi connectivity index (χ1) is 14.3. The van der Waals surface area contributed by atoms with E-state index in [0.717, 1.165) is 23.8 Å². The Morgan fingerprint density at radius 3 is 2.50 bits per heavy atom. The molecule has 0 spiro atoms. The van der Waals surface area contributed by atoms with Gasteiger partial charge in [0.15, 0.2) is 6.61 Å². The van der Waals surface area contributed by atoms with E-state index in [1.807, 2.05) is 13.0 Å². The van der Waals surface area contributed by atoms with Gasteiger partial charge in [-0.3, -0.25) is 24.3 Å². The SMILES string of the molecule is CCCCCCn1c(O)c(C(=O)COc2ccc([N+](=O)[O-])cc2)c(C)c(C#N)c1=O. The van der Waals surface area contributed by atoms with Gasteiger partial charge in [-0.05, 0) is 31.0 Å². The Kier molecular flexibility index (Phi) is 7.69. The van der Waals surface area contributed by atoms with E-state index in [-0.39, 0.29) is 34.7 Å². The molecule has 0 fully saturated rings. The predicted octanol–water partition coefficient (Wildman–Crippen LogP) is 3.48. The zero-order valence-electron chi connectivity index (χ0n) is 16.9. The zero-order valence-corrected chi connectivity index (χ0v) is 16.9. The van der Waals surface area contributed by atoms with Gasteiger partial charge in [-0.25, -0.2) is 0 Å². The van der Waals surface area contributed by atoms with Gasteiger partial charge in [0, 0.05) is 18.7 Å². The number of carbonyl (C=O) groups excluding carboxylic acids is 1. The second-order valence-corrected chi connectivity index (χ2v) is 6.79. The third-order valence-corrected chi connectivity index (χ3v) is 4.73. The first-order valence-electron chi connectivity index (χ1n) is 9.58. The Balaban J connectivity index is 2.27. The first-order valence-corrected chi connectivity index (χ1v) is 9.58. The van der Waals surface area contributed by atoms with Gasteiger partial charge in [0.25, 0.3) is 11.2 Å². The quantitative estimate of drug-likeness (QED) is 0.272. The van der Waals surface area contributed by atoms with Gasteiger partial charge in [0.05, 0.1) is 10.5 Å². The van der Waals surface area contributed by atoms with Crippen molar-refractivity contribution in [3.63, 3.8) is 0 Å². The molecule has 158 valence electrons. The number of benzene rings is 1. The lowest BCUT2D eigenvalue weighted by atomic mass is 10.0. The van der Waals surface area contributed by atoms with Crippen LogP contribution in [-0.2, 0) is 6.54 Å². The van der Waals surface area contributed by atoms with Gasteiger partial charge < -0.3 is 9.84 Å². The Morgan fingerprint density at radius 1 is 1.27 bits per heavy atom. The number of nitrogens with zero attached hydrogens (tertiary/aromatic N) is 3. The molecule has 0 unspecified atom stereocenters. The van der Waals surface area contributed by atoms with Crippen LogP contribution in [0.1, 0.15) is 54.1 Å². The number of rotatable bonds is 10. The van der Waals surface area contributed by atoms with Crippen molar-refractivity contribution in [1.29, 1.82) is 5.26 Å². The molecule has 2 rings (SSSR count). The summed E-state index contributed by atoms with van der Waals surface area (Å²) < 4.78 is 6.43. The molecule has 1 N–H and O–H groups in total. The normalized spacial score (nSPS) is 10.4. The molecule has 1 aromatic heterocycles. The second kappa shape index (κ2) is 10.2. The molecule has 0 amide bonds. The van der Waals surface area contributed by atoms with Crippen molar-refractivity contribution >= 4 is 11.5 Å². The summed E-state index contributed by atoms with van der Waals surface area (Å²) in [5.41, 5.74) is -0.972. The van der Waals surface area contributed by atoms with E-state index < -0.39 is 28.8 Å². The second-order valence-electron chi connectivity index (χ2n) is 6.79. The number of aromatic nitrogens is 1. The van der Waals surface area contributed by atoms with E-state index in [0.29, 0.717) is 6.42 Å². The molecule has 0 saturated heterocycles. The highest BCUT2D eigenvalue weighted by Crippen LogP contribution is 2.24. The summed E-state index contributed by atoms with van der Waals surface area (Å²) in [7, 11) is 0. The van der Waals surface area contributed by atoms with E-state index in [9.17, 15) is 30.1 Å². The maximum absolute atomic E-state index is 12.7. The predicted molar refractivity (Wildman–Crippen MR) is 109 cm³/mol. The molecule has 2 aromatic rings. The van der Waals surface area contributed by atoms with Gasteiger partial charge in [0.1, 0.15) is 17.4 Å². The van der Waals surface area contributed by atoms with Crippen LogP contribution in [0, 0.1) is 28.4 Å². The van der Waals surface area contributed by atoms with Crippen molar-refractivity contribution in [2.24, 2.45) is 0 Å². The van der Waals surface area contributed by atoms with E-state index in [1.165, 1.54) is 31.2 Å². The lowest BCUT2D eigenvalue weighted by Crippen LogP contribution is -2.27. The number of nitro benzene ring substituents is 1. The van der Waals surface area contributed by atoms with Crippen LogP contribution in [0.3, 0.4) is 0 Å². The summed E-state index contributed by atoms with van der Waals surface area (Å²) in [6.45, 7) is 3.21. The molecule has 0 aliphatic rings. The van der Waals surface area contributed by atoms with Crippen molar-refractivity contribution in [2.75, 3.05) is 6.61 Å². The molecule has 9 nitrogen and oxygen atoms in total. The van der Waals surface area contributed by atoms with Crippen molar-refractivity contribution < 1.29 is 19.6 Å². The molecule has 0 radical (unpaired) electrons. The van der Waals surface area contributed by atoms with Crippen LogP contribution in [0.2, 0.25) is 0 Å². The van der Waals surface area contributed by atoms with Crippen molar-refractivity contribution in [2.45, 2.75) is 46.1 Å². The summed E-state index contributed by atoms with van der Waals surface area (Å²) in [5, 5.41) is 30.7. The fraction of sp³-hybridized carbons (Fsp3) is 0.381. The van der Waals surface area contributed by atoms with Crippen molar-refractivity contribution in [3.8, 4) is 17.7 Å². The largest absolute Gasteiger partial charge is 0.494 e. The summed E-state index contributed by atoms with van der Waals surface area (Å²) in [6, 6.07) is 7.01. The van der Waals surface area contributed by atoms with Crippen LogP contribution >= 0.6 is 0 Å². The third kappa shape index (κ3) is 5.03. The number of hydrogen-bond acceptors (Lipinski definition) is 7. The van der Waals surface area contributed by atoms with Crippen LogP contribution < -0.4 is 10.3 Å². The molecule has 9 heteroatoms. The highest BCUT2D eigenvalue weighted by atomic mass is 16.6. The van der Waals surface area contributed by atoms with Gasteiger partial charge in [-0.15, -0.1) is 0 Å². The van der Waals surface area contributed by atoms with E-state index >= 15 is 0 Å². The number of non-ortho nitro benzene ring substituents is 1. The van der Waals surface area contributed by atoms with Gasteiger partial charge in [-0.1, -0.05) is 26.2 Å². The van der Waals surface area contributed by atoms with Crippen LogP contribution in [0.4, 0.5) is 5.69 Å². The monoisotopic (exact) mass is 413 g/mol. The fourth-order valence-corrected chi connectivity index (χ4v) is 3.07. The molecular weight excluding hydrogens is 390 g/mol. The molecule has 30 heavy (non-hydrogen) atoms. The molecule has 0 saturated carbocycles. The number of ether oxygens (including phenoxy) is 1. The Bertz CT molecular complexity index is 1030. The molecule has 0 aliphatic carbocycles. The fourth-order valence-electron chi connectivity index (χ4n) is 3.07. The van der Waals surface area contributed by atoms with E-state index in [1.54, 1.807) is 0 Å². The average Bonchev–Trinajstić information content (AvgIpc) is 2.72. The standard InChI is InChI=1S/C21H23N3O6/c1-3-4-5-6-11-23-20(26)17(12-22)14(2)19(21(23)27)18(25)13-30-16-9-7-15(8-10-16)24(28)29/h7-10,27H,3-6,11,13H2,1-2H3. The van der Waals surface area contributed by atoms with Crippen LogP contribution in [0.25, 0.3) is 0 Å². The Hall–Kier alpha value is -3.67. The lowest BCUT2D eigenvalue weighted by Gasteiger charge is -2.15. The number of ketones is 1. The third-order valence-electron chi connectivity index (χ3n) is 4.73. The maximum Gasteiger partial charge on any atom is 0.271 e. The summed E-state index contributed by atoms with van der Waals surface area (Å²) in [6.07, 6.45) is 3.45. The first kappa shape index (κ1) is 22.6. The molecule has 1 heterocycles. The number of nitriles is 1. The number of aromatic hydroxyl groups is 1. The highest BCUT2D eigenvalue weighted by molar-refractivity contribution is 6.01. The Morgan fingerprint density at radius 2 is 1.93 bits per heavy atom. The topological polar surface area (TPSA) is 135 Å². The molecule has 0 atom stereocenters. The highest BCUT2D eigenvalue weighted by Gasteiger charge is 2.24. The van der Waals surface area contributed by atoms with Crippen molar-refractivity contribution in [1.82, 2.24) is 4.57 Å². The summed E-state index contributed by atoms with van der Waals surface area (Å²) in [5.74, 6) is -0.855. The van der Waals surface area contributed by atoms with Crippen LogP contribution in [-0.4, -0.2) is 27.0 Å². The average molecular weight is 413 g/mol. The van der Waals surface area contributed by atoms with Crippen molar-refractivity contribution in [3.05, 3.63) is 61.4 Å². The van der Waals surface area contributed by atoms with Crippen LogP contribution in [0.5, 0.6) is 11.6 Å². The lowest BCUT2D eigenvalue weighted by molar-refractivity contribution is -0.384. The smallest absolute Gasteiger partial charge is 0.271 e. The minimum atomic E-state index is -0.628. The molecule has 1 aromatic carbocycles. The van der Waals surface area contributed by atoms with E-state index in [4.69, 9.17) is 4.74 Å². The molecule has 0 bridgehead atoms. The summed E-state index contributed by atoms with van der Waals surface area (Å²) >= 11 is 0. The number of pyridine rings is 1. The number of hydrogen-bond donors (Lipinski definition) is 1. The minimum absolute atomic E-state index is 0.0992. The maximum atomic E-state index is 12.7. The number of nitro groups is 1. The number of unbranched alkanes of at least 4 members (excludes halogenated alkanes) is 3.